The molecule has 0 spiro atoms. The van der Waals surface area contributed by atoms with Crippen molar-refractivity contribution in [3.63, 3.8) is 0 Å². The van der Waals surface area contributed by atoms with Crippen LogP contribution in [0.1, 0.15) is 11.5 Å². The number of rotatable bonds is 5. The van der Waals surface area contributed by atoms with Gasteiger partial charge in [-0.1, -0.05) is 36.4 Å². The molecule has 3 nitrogen and oxygen atoms in total. The second-order valence-corrected chi connectivity index (χ2v) is 5.44. The van der Waals surface area contributed by atoms with Gasteiger partial charge in [0.25, 0.3) is 0 Å². The average Bonchev–Trinajstić information content (AvgIpc) is 2.40. The molecule has 0 aliphatic heterocycles. The van der Waals surface area contributed by atoms with Gasteiger partial charge in [-0.3, -0.25) is 4.79 Å². The molecule has 0 saturated carbocycles. The Kier molecular flexibility index (Phi) is 4.79. The van der Waals surface area contributed by atoms with Crippen molar-refractivity contribution in [1.82, 2.24) is 0 Å². The van der Waals surface area contributed by atoms with Crippen LogP contribution in [-0.4, -0.2) is 17.6 Å². The molecule has 1 atom stereocenters. The van der Waals surface area contributed by atoms with Gasteiger partial charge in [0, 0.05) is 15.8 Å². The van der Waals surface area contributed by atoms with E-state index in [2.05, 4.69) is 27.9 Å². The number of nitrogens with one attached hydrogen (secondary N) is 1. The van der Waals surface area contributed by atoms with Gasteiger partial charge in [0.15, 0.2) is 0 Å². The molecule has 98 valence electrons. The molecule has 0 aliphatic rings. The molecule has 2 aromatic carbocycles. The smallest absolute Gasteiger partial charge is 0.312 e. The van der Waals surface area contributed by atoms with Crippen LogP contribution < -0.4 is 5.32 Å². The molecule has 0 bridgehead atoms. The van der Waals surface area contributed by atoms with Crippen LogP contribution in [0.15, 0.2) is 54.6 Å². The topological polar surface area (TPSA) is 49.3 Å². The minimum absolute atomic E-state index is 0.374. The number of aliphatic carboxylic acids is 1. The van der Waals surface area contributed by atoms with Crippen molar-refractivity contribution in [1.29, 1.82) is 0 Å². The van der Waals surface area contributed by atoms with E-state index < -0.39 is 11.9 Å². The van der Waals surface area contributed by atoms with Crippen LogP contribution in [0.5, 0.6) is 0 Å². The zero-order valence-corrected chi connectivity index (χ0v) is 12.4. The zero-order chi connectivity index (χ0) is 13.7. The summed E-state index contributed by atoms with van der Waals surface area (Å²) in [5.41, 5.74) is 1.75. The van der Waals surface area contributed by atoms with Crippen LogP contribution in [0.25, 0.3) is 0 Å². The summed E-state index contributed by atoms with van der Waals surface area (Å²) in [6.07, 6.45) is 0. The highest BCUT2D eigenvalue weighted by Crippen LogP contribution is 2.18. The van der Waals surface area contributed by atoms with Gasteiger partial charge in [-0.2, -0.15) is 0 Å². The number of carboxylic acids is 1. The Morgan fingerprint density at radius 2 is 1.89 bits per heavy atom. The highest BCUT2D eigenvalue weighted by Gasteiger charge is 2.19. The predicted molar refractivity (Wildman–Crippen MR) is 84.5 cm³/mol. The third kappa shape index (κ3) is 3.96. The van der Waals surface area contributed by atoms with Crippen molar-refractivity contribution >= 4 is 34.2 Å². The van der Waals surface area contributed by atoms with Crippen molar-refractivity contribution in [2.24, 2.45) is 0 Å². The number of anilines is 1. The first-order chi connectivity index (χ1) is 9.16. The fourth-order valence-electron chi connectivity index (χ4n) is 1.85. The van der Waals surface area contributed by atoms with Crippen LogP contribution in [-0.2, 0) is 4.79 Å². The molecule has 2 aromatic rings. The average molecular weight is 367 g/mol. The van der Waals surface area contributed by atoms with Crippen molar-refractivity contribution in [3.05, 3.63) is 63.7 Å². The Bertz CT molecular complexity index is 557. The van der Waals surface area contributed by atoms with Crippen molar-refractivity contribution in [2.75, 3.05) is 11.9 Å². The van der Waals surface area contributed by atoms with E-state index in [0.717, 1.165) is 14.8 Å². The molecule has 0 aromatic heterocycles. The van der Waals surface area contributed by atoms with Gasteiger partial charge in [-0.15, -0.1) is 0 Å². The SMILES string of the molecule is O=C(O)C(CNc1cccc(I)c1)c1ccccc1. The summed E-state index contributed by atoms with van der Waals surface area (Å²) in [7, 11) is 0. The number of halogens is 1. The minimum atomic E-state index is -0.815. The zero-order valence-electron chi connectivity index (χ0n) is 10.2. The molecule has 19 heavy (non-hydrogen) atoms. The van der Waals surface area contributed by atoms with Crippen molar-refractivity contribution in [3.8, 4) is 0 Å². The fourth-order valence-corrected chi connectivity index (χ4v) is 2.39. The van der Waals surface area contributed by atoms with Gasteiger partial charge in [0.1, 0.15) is 0 Å². The van der Waals surface area contributed by atoms with E-state index in [1.807, 2.05) is 54.6 Å². The summed E-state index contributed by atoms with van der Waals surface area (Å²) in [5.74, 6) is -1.36. The number of benzene rings is 2. The molecule has 4 heteroatoms. The Hall–Kier alpha value is -1.56. The van der Waals surface area contributed by atoms with Crippen LogP contribution in [0.2, 0.25) is 0 Å². The summed E-state index contributed by atoms with van der Waals surface area (Å²) in [6.45, 7) is 0.374. The predicted octanol–water partition coefficient (Wildman–Crippen LogP) is 3.57. The Morgan fingerprint density at radius 1 is 1.16 bits per heavy atom. The van der Waals surface area contributed by atoms with E-state index in [1.165, 1.54) is 0 Å². The van der Waals surface area contributed by atoms with Crippen LogP contribution in [0.4, 0.5) is 5.69 Å². The summed E-state index contributed by atoms with van der Waals surface area (Å²) in [6, 6.07) is 17.2. The lowest BCUT2D eigenvalue weighted by Gasteiger charge is -2.14. The Balaban J connectivity index is 2.08. The standard InChI is InChI=1S/C15H14INO2/c16-12-7-4-8-13(9-12)17-10-14(15(18)19)11-5-2-1-3-6-11/h1-9,14,17H,10H2,(H,18,19). The van der Waals surface area contributed by atoms with Gasteiger partial charge < -0.3 is 10.4 Å². The normalized spacial score (nSPS) is 11.8. The number of carbonyl (C=O) groups is 1. The molecular weight excluding hydrogens is 353 g/mol. The second-order valence-electron chi connectivity index (χ2n) is 4.19. The van der Waals surface area contributed by atoms with E-state index in [9.17, 15) is 9.90 Å². The largest absolute Gasteiger partial charge is 0.481 e. The molecule has 0 amide bonds. The third-order valence-corrected chi connectivity index (χ3v) is 3.51. The lowest BCUT2D eigenvalue weighted by Crippen LogP contribution is -2.20. The highest BCUT2D eigenvalue weighted by atomic mass is 127. The molecule has 2 rings (SSSR count). The lowest BCUT2D eigenvalue weighted by atomic mass is 9.99. The number of hydrogen-bond acceptors (Lipinski definition) is 2. The number of carboxylic acid groups (broad SMARTS) is 1. The van der Waals surface area contributed by atoms with Gasteiger partial charge in [-0.25, -0.2) is 0 Å². The second kappa shape index (κ2) is 6.56. The maximum absolute atomic E-state index is 11.3. The molecule has 0 aliphatic carbocycles. The molecule has 0 radical (unpaired) electrons. The third-order valence-electron chi connectivity index (χ3n) is 2.83. The first-order valence-electron chi connectivity index (χ1n) is 5.94. The monoisotopic (exact) mass is 367 g/mol. The lowest BCUT2D eigenvalue weighted by molar-refractivity contribution is -0.138. The van der Waals surface area contributed by atoms with Gasteiger partial charge in [0.2, 0.25) is 0 Å². The van der Waals surface area contributed by atoms with E-state index in [4.69, 9.17) is 0 Å². The first-order valence-corrected chi connectivity index (χ1v) is 7.02. The molecule has 0 saturated heterocycles. The van der Waals surface area contributed by atoms with Gasteiger partial charge in [-0.05, 0) is 46.4 Å². The van der Waals surface area contributed by atoms with E-state index in [1.54, 1.807) is 0 Å². The molecule has 2 N–H and O–H groups in total. The Labute approximate surface area is 125 Å². The van der Waals surface area contributed by atoms with Crippen LogP contribution >= 0.6 is 22.6 Å². The van der Waals surface area contributed by atoms with Crippen molar-refractivity contribution in [2.45, 2.75) is 5.92 Å². The number of hydrogen-bond donors (Lipinski definition) is 2. The van der Waals surface area contributed by atoms with E-state index in [0.29, 0.717) is 6.54 Å². The molecule has 1 unspecified atom stereocenters. The quantitative estimate of drug-likeness (QED) is 0.795. The van der Waals surface area contributed by atoms with E-state index >= 15 is 0 Å². The highest BCUT2D eigenvalue weighted by molar-refractivity contribution is 14.1. The molecular formula is C15H14INO2. The van der Waals surface area contributed by atoms with Gasteiger partial charge >= 0.3 is 5.97 Å². The minimum Gasteiger partial charge on any atom is -0.481 e. The van der Waals surface area contributed by atoms with Crippen LogP contribution in [0.3, 0.4) is 0 Å². The molecule has 0 fully saturated rings. The van der Waals surface area contributed by atoms with Crippen LogP contribution in [0, 0.1) is 3.57 Å². The molecule has 0 heterocycles. The van der Waals surface area contributed by atoms with E-state index in [-0.39, 0.29) is 0 Å². The maximum atomic E-state index is 11.3. The summed E-state index contributed by atoms with van der Waals surface area (Å²) < 4.78 is 1.12. The Morgan fingerprint density at radius 3 is 2.53 bits per heavy atom. The van der Waals surface area contributed by atoms with Crippen molar-refractivity contribution < 1.29 is 9.90 Å². The summed E-state index contributed by atoms with van der Waals surface area (Å²) in [5, 5.41) is 12.5. The maximum Gasteiger partial charge on any atom is 0.312 e. The summed E-state index contributed by atoms with van der Waals surface area (Å²) >= 11 is 2.23. The summed E-state index contributed by atoms with van der Waals surface area (Å²) in [4.78, 5) is 11.3. The van der Waals surface area contributed by atoms with Gasteiger partial charge in [0.05, 0.1) is 5.92 Å². The fraction of sp³-hybridized carbons (Fsp3) is 0.133. The first kappa shape index (κ1) is 13.9.